The lowest BCUT2D eigenvalue weighted by Gasteiger charge is -2.05. The minimum atomic E-state index is 0.912. The van der Waals surface area contributed by atoms with Crippen LogP contribution in [0.5, 0.6) is 0 Å². The van der Waals surface area contributed by atoms with E-state index in [-0.39, 0.29) is 0 Å². The van der Waals surface area contributed by atoms with Gasteiger partial charge in [-0.15, -0.1) is 11.8 Å². The van der Waals surface area contributed by atoms with Crippen molar-refractivity contribution in [2.24, 2.45) is 0 Å². The molecular weight excluding hydrogens is 388 g/mol. The summed E-state index contributed by atoms with van der Waals surface area (Å²) < 4.78 is 4.38. The van der Waals surface area contributed by atoms with E-state index in [9.17, 15) is 0 Å². The van der Waals surface area contributed by atoms with Crippen molar-refractivity contribution in [3.05, 3.63) is 44.6 Å². The lowest BCUT2D eigenvalue weighted by Crippen LogP contribution is -2.01. The van der Waals surface area contributed by atoms with Gasteiger partial charge >= 0.3 is 0 Å². The standard InChI is InChI=1S/C14H16Br2N2S/c1-3-12-14(16)13(18(4-2)17-12)9-19-11-7-5-10(15)6-8-11/h5-8H,3-4,9H2,1-2H3. The maximum atomic E-state index is 4.62. The van der Waals surface area contributed by atoms with Crippen LogP contribution in [0.15, 0.2) is 38.1 Å². The van der Waals surface area contributed by atoms with E-state index >= 15 is 0 Å². The van der Waals surface area contributed by atoms with Crippen molar-refractivity contribution in [1.82, 2.24) is 9.78 Å². The number of hydrogen-bond donors (Lipinski definition) is 0. The van der Waals surface area contributed by atoms with Gasteiger partial charge < -0.3 is 0 Å². The lowest BCUT2D eigenvalue weighted by atomic mass is 10.3. The lowest BCUT2D eigenvalue weighted by molar-refractivity contribution is 0.627. The summed E-state index contributed by atoms with van der Waals surface area (Å²) in [6.45, 7) is 5.18. The Balaban J connectivity index is 2.14. The Bertz CT molecular complexity index is 549. The van der Waals surface area contributed by atoms with Gasteiger partial charge in [0.25, 0.3) is 0 Å². The zero-order valence-electron chi connectivity index (χ0n) is 11.0. The molecule has 1 aromatic carbocycles. The van der Waals surface area contributed by atoms with Gasteiger partial charge in [0.2, 0.25) is 0 Å². The number of benzene rings is 1. The fourth-order valence-corrected chi connectivity index (χ4v) is 3.92. The van der Waals surface area contributed by atoms with Gasteiger partial charge in [0.15, 0.2) is 0 Å². The first kappa shape index (κ1) is 15.1. The highest BCUT2D eigenvalue weighted by Gasteiger charge is 2.13. The number of halogens is 2. The van der Waals surface area contributed by atoms with Crippen molar-refractivity contribution in [2.75, 3.05) is 0 Å². The molecule has 2 nitrogen and oxygen atoms in total. The highest BCUT2D eigenvalue weighted by Crippen LogP contribution is 2.30. The van der Waals surface area contributed by atoms with Crippen LogP contribution in [0.3, 0.4) is 0 Å². The molecule has 0 amide bonds. The Hall–Kier alpha value is -0.260. The molecule has 0 saturated heterocycles. The Kier molecular flexibility index (Phi) is 5.54. The average molecular weight is 404 g/mol. The Morgan fingerprint density at radius 1 is 1.16 bits per heavy atom. The maximum Gasteiger partial charge on any atom is 0.0767 e. The number of rotatable bonds is 5. The summed E-state index contributed by atoms with van der Waals surface area (Å²) >= 11 is 8.98. The molecule has 2 aromatic rings. The zero-order chi connectivity index (χ0) is 13.8. The first-order valence-electron chi connectivity index (χ1n) is 6.28. The van der Waals surface area contributed by atoms with Gasteiger partial charge in [-0.25, -0.2) is 0 Å². The van der Waals surface area contributed by atoms with Crippen molar-refractivity contribution >= 4 is 43.6 Å². The highest BCUT2D eigenvalue weighted by atomic mass is 79.9. The van der Waals surface area contributed by atoms with E-state index in [1.165, 1.54) is 15.1 Å². The molecule has 0 aliphatic rings. The first-order valence-corrected chi connectivity index (χ1v) is 8.85. The highest BCUT2D eigenvalue weighted by molar-refractivity contribution is 9.10. The molecule has 0 radical (unpaired) electrons. The van der Waals surface area contributed by atoms with Crippen LogP contribution < -0.4 is 0 Å². The second-order valence-electron chi connectivity index (χ2n) is 4.12. The SMILES string of the molecule is CCc1nn(CC)c(CSc2ccc(Br)cc2)c1Br. The molecule has 2 rings (SSSR count). The topological polar surface area (TPSA) is 17.8 Å². The van der Waals surface area contributed by atoms with E-state index in [1.54, 1.807) is 0 Å². The first-order chi connectivity index (χ1) is 9.15. The Morgan fingerprint density at radius 2 is 1.84 bits per heavy atom. The van der Waals surface area contributed by atoms with Crippen LogP contribution >= 0.6 is 43.6 Å². The summed E-state index contributed by atoms with van der Waals surface area (Å²) in [5.41, 5.74) is 2.42. The molecule has 5 heteroatoms. The second-order valence-corrected chi connectivity index (χ2v) is 6.88. The van der Waals surface area contributed by atoms with E-state index in [4.69, 9.17) is 0 Å². The van der Waals surface area contributed by atoms with Crippen molar-refractivity contribution in [3.8, 4) is 0 Å². The number of nitrogens with zero attached hydrogens (tertiary/aromatic N) is 2. The van der Waals surface area contributed by atoms with E-state index in [0.717, 1.165) is 28.9 Å². The molecular formula is C14H16Br2N2S. The average Bonchev–Trinajstić information content (AvgIpc) is 2.74. The third-order valence-electron chi connectivity index (χ3n) is 2.88. The maximum absolute atomic E-state index is 4.62. The molecule has 0 unspecified atom stereocenters. The third kappa shape index (κ3) is 3.64. The molecule has 0 atom stereocenters. The molecule has 102 valence electrons. The summed E-state index contributed by atoms with van der Waals surface area (Å²) in [5.74, 6) is 0.934. The fraction of sp³-hybridized carbons (Fsp3) is 0.357. The van der Waals surface area contributed by atoms with Gasteiger partial charge in [-0.3, -0.25) is 4.68 Å². The van der Waals surface area contributed by atoms with Crippen LogP contribution in [-0.2, 0) is 18.7 Å². The normalized spacial score (nSPS) is 10.9. The minimum Gasteiger partial charge on any atom is -0.268 e. The van der Waals surface area contributed by atoms with E-state index in [2.05, 4.69) is 79.8 Å². The Morgan fingerprint density at radius 3 is 2.42 bits per heavy atom. The van der Waals surface area contributed by atoms with Crippen molar-refractivity contribution in [3.63, 3.8) is 0 Å². The number of aromatic nitrogens is 2. The molecule has 0 N–H and O–H groups in total. The van der Waals surface area contributed by atoms with E-state index in [0.29, 0.717) is 0 Å². The van der Waals surface area contributed by atoms with Gasteiger partial charge in [-0.2, -0.15) is 5.10 Å². The monoisotopic (exact) mass is 402 g/mol. The van der Waals surface area contributed by atoms with Crippen LogP contribution in [0.1, 0.15) is 25.2 Å². The minimum absolute atomic E-state index is 0.912. The number of aryl methyl sites for hydroxylation is 2. The van der Waals surface area contributed by atoms with Gasteiger partial charge in [0.05, 0.1) is 15.9 Å². The van der Waals surface area contributed by atoms with Gasteiger partial charge in [-0.05, 0) is 53.5 Å². The molecule has 1 aromatic heterocycles. The second kappa shape index (κ2) is 6.95. The van der Waals surface area contributed by atoms with Crippen molar-refractivity contribution in [1.29, 1.82) is 0 Å². The number of hydrogen-bond acceptors (Lipinski definition) is 2. The van der Waals surface area contributed by atoms with Gasteiger partial charge in [-0.1, -0.05) is 22.9 Å². The van der Waals surface area contributed by atoms with Crippen LogP contribution in [0.2, 0.25) is 0 Å². The van der Waals surface area contributed by atoms with Crippen LogP contribution in [0.4, 0.5) is 0 Å². The zero-order valence-corrected chi connectivity index (χ0v) is 15.0. The molecule has 0 bridgehead atoms. The third-order valence-corrected chi connectivity index (χ3v) is 5.35. The summed E-state index contributed by atoms with van der Waals surface area (Å²) in [4.78, 5) is 1.28. The molecule has 0 saturated carbocycles. The molecule has 1 heterocycles. The quantitative estimate of drug-likeness (QED) is 0.631. The largest absolute Gasteiger partial charge is 0.268 e. The molecule has 0 spiro atoms. The van der Waals surface area contributed by atoms with Gasteiger partial charge in [0.1, 0.15) is 0 Å². The summed E-state index contributed by atoms with van der Waals surface area (Å²) in [6, 6.07) is 8.42. The Labute approximate surface area is 135 Å². The predicted molar refractivity (Wildman–Crippen MR) is 88.7 cm³/mol. The van der Waals surface area contributed by atoms with E-state index in [1.807, 2.05) is 11.8 Å². The molecule has 0 aliphatic heterocycles. The smallest absolute Gasteiger partial charge is 0.0767 e. The molecule has 0 aliphatic carbocycles. The van der Waals surface area contributed by atoms with Gasteiger partial charge in [0, 0.05) is 21.7 Å². The van der Waals surface area contributed by atoms with Crippen molar-refractivity contribution in [2.45, 2.75) is 37.5 Å². The molecule has 19 heavy (non-hydrogen) atoms. The van der Waals surface area contributed by atoms with Crippen LogP contribution in [0, 0.1) is 0 Å². The van der Waals surface area contributed by atoms with E-state index < -0.39 is 0 Å². The summed E-state index contributed by atoms with van der Waals surface area (Å²) in [5, 5.41) is 4.62. The molecule has 0 fully saturated rings. The van der Waals surface area contributed by atoms with Crippen LogP contribution in [-0.4, -0.2) is 9.78 Å². The summed E-state index contributed by atoms with van der Waals surface area (Å²) in [6.07, 6.45) is 0.962. The van der Waals surface area contributed by atoms with Crippen molar-refractivity contribution < 1.29 is 0 Å². The summed E-state index contributed by atoms with van der Waals surface area (Å²) in [7, 11) is 0. The number of thioether (sulfide) groups is 1. The van der Waals surface area contributed by atoms with Crippen LogP contribution in [0.25, 0.3) is 0 Å². The fourth-order valence-electron chi connectivity index (χ4n) is 1.84. The predicted octanol–water partition coefficient (Wildman–Crippen LogP) is 5.28.